The molecule has 2 N–H and O–H groups in total. The molecule has 110 valence electrons. The van der Waals surface area contributed by atoms with Crippen LogP contribution < -0.4 is 10.6 Å². The maximum atomic E-state index is 12.1. The average molecular weight is 267 g/mol. The Kier molecular flexibility index (Phi) is 6.11. The minimum Gasteiger partial charge on any atom is -0.352 e. The normalized spacial score (nSPS) is 23.4. The predicted octanol–water partition coefficient (Wildman–Crippen LogP) is 1.51. The Morgan fingerprint density at radius 2 is 1.84 bits per heavy atom. The van der Waals surface area contributed by atoms with Crippen LogP contribution in [0.3, 0.4) is 0 Å². The molecule has 2 aliphatic rings. The van der Waals surface area contributed by atoms with Gasteiger partial charge in [-0.25, -0.2) is 0 Å². The van der Waals surface area contributed by atoms with Gasteiger partial charge in [-0.15, -0.1) is 0 Å². The van der Waals surface area contributed by atoms with Gasteiger partial charge in [0.05, 0.1) is 6.04 Å². The van der Waals surface area contributed by atoms with E-state index in [1.807, 2.05) is 6.92 Å². The molecule has 1 amide bonds. The van der Waals surface area contributed by atoms with E-state index < -0.39 is 0 Å². The van der Waals surface area contributed by atoms with Gasteiger partial charge in [-0.2, -0.15) is 0 Å². The fourth-order valence-electron chi connectivity index (χ4n) is 3.11. The number of carbonyl (C=O) groups excluding carboxylic acids is 1. The molecule has 0 aromatic rings. The van der Waals surface area contributed by atoms with Crippen LogP contribution >= 0.6 is 0 Å². The van der Waals surface area contributed by atoms with Crippen molar-refractivity contribution in [1.29, 1.82) is 0 Å². The molecule has 1 aliphatic heterocycles. The maximum Gasteiger partial charge on any atom is 0.237 e. The van der Waals surface area contributed by atoms with Crippen molar-refractivity contribution in [2.45, 2.75) is 64.0 Å². The highest BCUT2D eigenvalue weighted by atomic mass is 16.2. The van der Waals surface area contributed by atoms with Crippen molar-refractivity contribution in [3.63, 3.8) is 0 Å². The third-order valence-corrected chi connectivity index (χ3v) is 4.42. The van der Waals surface area contributed by atoms with Gasteiger partial charge in [0.1, 0.15) is 0 Å². The van der Waals surface area contributed by atoms with E-state index in [-0.39, 0.29) is 11.9 Å². The summed E-state index contributed by atoms with van der Waals surface area (Å²) in [5.74, 6) is 0.174. The second-order valence-electron chi connectivity index (χ2n) is 6.07. The van der Waals surface area contributed by atoms with Crippen molar-refractivity contribution >= 4 is 5.91 Å². The molecule has 0 spiro atoms. The van der Waals surface area contributed by atoms with Gasteiger partial charge in [-0.3, -0.25) is 4.79 Å². The molecule has 1 heterocycles. The van der Waals surface area contributed by atoms with Crippen LogP contribution in [-0.4, -0.2) is 49.1 Å². The van der Waals surface area contributed by atoms with E-state index in [2.05, 4.69) is 15.5 Å². The van der Waals surface area contributed by atoms with Crippen LogP contribution in [0.4, 0.5) is 0 Å². The summed E-state index contributed by atoms with van der Waals surface area (Å²) in [5, 5.41) is 6.53. The van der Waals surface area contributed by atoms with Crippen LogP contribution in [-0.2, 0) is 4.79 Å². The molecule has 0 aromatic carbocycles. The number of likely N-dealkylation sites (tertiary alicyclic amines) is 1. The van der Waals surface area contributed by atoms with Crippen LogP contribution in [0.5, 0.6) is 0 Å². The van der Waals surface area contributed by atoms with Crippen LogP contribution in [0.15, 0.2) is 0 Å². The molecule has 0 radical (unpaired) electrons. The Hall–Kier alpha value is -0.610. The lowest BCUT2D eigenvalue weighted by Gasteiger charge is -2.25. The van der Waals surface area contributed by atoms with E-state index in [0.717, 1.165) is 25.9 Å². The van der Waals surface area contributed by atoms with Gasteiger partial charge in [-0.05, 0) is 45.7 Å². The monoisotopic (exact) mass is 267 g/mol. The molecule has 19 heavy (non-hydrogen) atoms. The second kappa shape index (κ2) is 7.85. The minimum absolute atomic E-state index is 0.0653. The first-order valence-corrected chi connectivity index (χ1v) is 8.02. The van der Waals surface area contributed by atoms with Crippen molar-refractivity contribution in [3.8, 4) is 0 Å². The van der Waals surface area contributed by atoms with E-state index in [1.165, 1.54) is 45.2 Å². The minimum atomic E-state index is -0.0653. The first-order chi connectivity index (χ1) is 9.25. The Morgan fingerprint density at radius 1 is 1.16 bits per heavy atom. The van der Waals surface area contributed by atoms with Gasteiger partial charge >= 0.3 is 0 Å². The Balaban J connectivity index is 1.58. The third kappa shape index (κ3) is 5.11. The van der Waals surface area contributed by atoms with Crippen LogP contribution in [0.2, 0.25) is 0 Å². The van der Waals surface area contributed by atoms with Crippen molar-refractivity contribution in [2.75, 3.05) is 26.2 Å². The zero-order valence-corrected chi connectivity index (χ0v) is 12.3. The smallest absolute Gasteiger partial charge is 0.237 e. The van der Waals surface area contributed by atoms with E-state index in [1.54, 1.807) is 0 Å². The van der Waals surface area contributed by atoms with E-state index in [9.17, 15) is 4.79 Å². The maximum absolute atomic E-state index is 12.1. The Bertz CT molecular complexity index is 271. The number of hydrogen-bond acceptors (Lipinski definition) is 3. The summed E-state index contributed by atoms with van der Waals surface area (Å²) >= 11 is 0. The fourth-order valence-corrected chi connectivity index (χ4v) is 3.11. The Morgan fingerprint density at radius 3 is 2.53 bits per heavy atom. The highest BCUT2D eigenvalue weighted by Gasteiger charge is 2.19. The first-order valence-electron chi connectivity index (χ1n) is 8.02. The molecule has 0 bridgehead atoms. The molecule has 1 atom stereocenters. The van der Waals surface area contributed by atoms with Gasteiger partial charge in [0.2, 0.25) is 5.91 Å². The molecule has 1 aliphatic carbocycles. The van der Waals surface area contributed by atoms with Crippen LogP contribution in [0, 0.1) is 0 Å². The number of carbonyl (C=O) groups is 1. The molecular formula is C15H29N3O. The Labute approximate surface area is 117 Å². The zero-order valence-electron chi connectivity index (χ0n) is 12.3. The van der Waals surface area contributed by atoms with E-state index in [4.69, 9.17) is 0 Å². The van der Waals surface area contributed by atoms with E-state index in [0.29, 0.717) is 6.04 Å². The predicted molar refractivity (Wildman–Crippen MR) is 78.2 cm³/mol. The summed E-state index contributed by atoms with van der Waals surface area (Å²) in [6.07, 6.45) is 8.84. The lowest BCUT2D eigenvalue weighted by atomic mass is 9.95. The van der Waals surface area contributed by atoms with Crippen molar-refractivity contribution in [3.05, 3.63) is 0 Å². The highest BCUT2D eigenvalue weighted by Crippen LogP contribution is 2.17. The molecule has 1 saturated carbocycles. The SMILES string of the molecule is CC(NCCN1CCCC1)C(=O)NC1CCCCC1. The standard InChI is InChI=1S/C15H29N3O/c1-13(16-9-12-18-10-5-6-11-18)15(19)17-14-7-3-2-4-8-14/h13-14,16H,2-12H2,1H3,(H,17,19). The summed E-state index contributed by atoms with van der Waals surface area (Å²) in [6, 6.07) is 0.355. The van der Waals surface area contributed by atoms with Gasteiger partial charge in [0.15, 0.2) is 0 Å². The molecule has 2 fully saturated rings. The molecule has 4 heteroatoms. The molecule has 1 saturated heterocycles. The quantitative estimate of drug-likeness (QED) is 0.767. The molecule has 4 nitrogen and oxygen atoms in total. The summed E-state index contributed by atoms with van der Waals surface area (Å²) in [4.78, 5) is 14.5. The second-order valence-corrected chi connectivity index (χ2v) is 6.07. The summed E-state index contributed by atoms with van der Waals surface area (Å²) < 4.78 is 0. The van der Waals surface area contributed by atoms with Crippen molar-refractivity contribution < 1.29 is 4.79 Å². The topological polar surface area (TPSA) is 44.4 Å². The van der Waals surface area contributed by atoms with Crippen molar-refractivity contribution in [2.24, 2.45) is 0 Å². The van der Waals surface area contributed by atoms with Crippen LogP contribution in [0.25, 0.3) is 0 Å². The molecular weight excluding hydrogens is 238 g/mol. The summed E-state index contributed by atoms with van der Waals surface area (Å²) in [6.45, 7) is 6.41. The first kappa shape index (κ1) is 14.8. The lowest BCUT2D eigenvalue weighted by molar-refractivity contribution is -0.123. The van der Waals surface area contributed by atoms with Gasteiger partial charge in [0, 0.05) is 19.1 Å². The largest absolute Gasteiger partial charge is 0.352 e. The summed E-state index contributed by atoms with van der Waals surface area (Å²) in [5.41, 5.74) is 0. The number of hydrogen-bond donors (Lipinski definition) is 2. The molecule has 2 rings (SSSR count). The van der Waals surface area contributed by atoms with Gasteiger partial charge < -0.3 is 15.5 Å². The lowest BCUT2D eigenvalue weighted by Crippen LogP contribution is -2.48. The number of nitrogens with zero attached hydrogens (tertiary/aromatic N) is 1. The number of rotatable bonds is 6. The number of amides is 1. The molecule has 0 aromatic heterocycles. The average Bonchev–Trinajstić information content (AvgIpc) is 2.93. The summed E-state index contributed by atoms with van der Waals surface area (Å²) in [7, 11) is 0. The van der Waals surface area contributed by atoms with Gasteiger partial charge in [0.25, 0.3) is 0 Å². The molecule has 1 unspecified atom stereocenters. The fraction of sp³-hybridized carbons (Fsp3) is 0.933. The van der Waals surface area contributed by atoms with Crippen LogP contribution in [0.1, 0.15) is 51.9 Å². The van der Waals surface area contributed by atoms with Gasteiger partial charge in [-0.1, -0.05) is 19.3 Å². The highest BCUT2D eigenvalue weighted by molar-refractivity contribution is 5.81. The number of nitrogens with one attached hydrogen (secondary N) is 2. The zero-order chi connectivity index (χ0) is 13.5. The third-order valence-electron chi connectivity index (χ3n) is 4.42. The van der Waals surface area contributed by atoms with Crippen molar-refractivity contribution in [1.82, 2.24) is 15.5 Å². The van der Waals surface area contributed by atoms with E-state index >= 15 is 0 Å².